The van der Waals surface area contributed by atoms with Gasteiger partial charge in [0.2, 0.25) is 0 Å². The number of nitrogens with zero attached hydrogens (tertiary/aromatic N) is 2. The third-order valence-corrected chi connectivity index (χ3v) is 4.00. The van der Waals surface area contributed by atoms with Crippen LogP contribution >= 0.6 is 11.3 Å². The molecule has 0 fully saturated rings. The Labute approximate surface area is 126 Å². The first-order valence-corrected chi connectivity index (χ1v) is 7.58. The lowest BCUT2D eigenvalue weighted by Gasteiger charge is -2.27. The number of thiophene rings is 1. The maximum absolute atomic E-state index is 12.4. The SMILES string of the molecule is CCN(C(=O)c1cc(C(=O)O)[nH]n1)C(C)Cc1ccsc1. The van der Waals surface area contributed by atoms with Gasteiger partial charge in [0.1, 0.15) is 5.69 Å². The molecule has 2 N–H and O–H groups in total. The number of nitrogens with one attached hydrogen (secondary N) is 1. The second-order valence-corrected chi connectivity index (χ2v) is 5.53. The van der Waals surface area contributed by atoms with Crippen LogP contribution in [0.1, 0.15) is 40.4 Å². The smallest absolute Gasteiger partial charge is 0.353 e. The predicted molar refractivity (Wildman–Crippen MR) is 79.7 cm³/mol. The Bertz CT molecular complexity index is 621. The molecule has 2 rings (SSSR count). The second kappa shape index (κ2) is 6.53. The molecule has 0 bridgehead atoms. The largest absolute Gasteiger partial charge is 0.477 e. The molecular formula is C14H17N3O3S. The fourth-order valence-corrected chi connectivity index (χ4v) is 2.89. The van der Waals surface area contributed by atoms with E-state index in [1.807, 2.05) is 25.3 Å². The monoisotopic (exact) mass is 307 g/mol. The van der Waals surface area contributed by atoms with Crippen LogP contribution in [0.2, 0.25) is 0 Å². The van der Waals surface area contributed by atoms with Gasteiger partial charge in [-0.25, -0.2) is 4.79 Å². The molecule has 0 aliphatic heterocycles. The molecule has 6 nitrogen and oxygen atoms in total. The maximum atomic E-state index is 12.4. The van der Waals surface area contributed by atoms with Gasteiger partial charge in [0, 0.05) is 18.7 Å². The normalized spacial score (nSPS) is 12.1. The van der Waals surface area contributed by atoms with E-state index in [4.69, 9.17) is 5.11 Å². The van der Waals surface area contributed by atoms with Crippen LogP contribution in [0, 0.1) is 0 Å². The van der Waals surface area contributed by atoms with Crippen molar-refractivity contribution in [3.63, 3.8) is 0 Å². The number of hydrogen-bond acceptors (Lipinski definition) is 4. The Balaban J connectivity index is 2.11. The molecule has 21 heavy (non-hydrogen) atoms. The molecule has 0 saturated carbocycles. The molecule has 0 aromatic carbocycles. The molecular weight excluding hydrogens is 290 g/mol. The highest BCUT2D eigenvalue weighted by Gasteiger charge is 2.23. The van der Waals surface area contributed by atoms with E-state index in [-0.39, 0.29) is 23.3 Å². The lowest BCUT2D eigenvalue weighted by atomic mass is 10.1. The first-order valence-electron chi connectivity index (χ1n) is 6.63. The lowest BCUT2D eigenvalue weighted by Crippen LogP contribution is -2.39. The fraction of sp³-hybridized carbons (Fsp3) is 0.357. The van der Waals surface area contributed by atoms with Crippen LogP contribution in [-0.2, 0) is 6.42 Å². The quantitative estimate of drug-likeness (QED) is 0.857. The molecule has 0 aliphatic rings. The summed E-state index contributed by atoms with van der Waals surface area (Å²) in [6.45, 7) is 4.41. The predicted octanol–water partition coefficient (Wildman–Crippen LogP) is 2.26. The third-order valence-electron chi connectivity index (χ3n) is 3.27. The Hall–Kier alpha value is -2.15. The highest BCUT2D eigenvalue weighted by Crippen LogP contribution is 2.14. The van der Waals surface area contributed by atoms with Crippen LogP contribution in [0.3, 0.4) is 0 Å². The molecule has 0 saturated heterocycles. The Morgan fingerprint density at radius 3 is 2.81 bits per heavy atom. The van der Waals surface area contributed by atoms with Gasteiger partial charge in [-0.3, -0.25) is 9.89 Å². The summed E-state index contributed by atoms with van der Waals surface area (Å²) in [5.41, 5.74) is 1.23. The van der Waals surface area contributed by atoms with E-state index in [2.05, 4.69) is 15.6 Å². The lowest BCUT2D eigenvalue weighted by molar-refractivity contribution is 0.0686. The zero-order valence-corrected chi connectivity index (χ0v) is 12.7. The topological polar surface area (TPSA) is 86.3 Å². The summed E-state index contributed by atoms with van der Waals surface area (Å²) in [7, 11) is 0. The Morgan fingerprint density at radius 2 is 2.29 bits per heavy atom. The van der Waals surface area contributed by atoms with Gasteiger partial charge >= 0.3 is 5.97 Å². The molecule has 112 valence electrons. The van der Waals surface area contributed by atoms with Gasteiger partial charge in [-0.15, -0.1) is 0 Å². The van der Waals surface area contributed by atoms with Crippen molar-refractivity contribution in [1.29, 1.82) is 0 Å². The van der Waals surface area contributed by atoms with Gasteiger partial charge < -0.3 is 10.0 Å². The van der Waals surface area contributed by atoms with Crippen LogP contribution in [-0.4, -0.2) is 44.7 Å². The van der Waals surface area contributed by atoms with Crippen molar-refractivity contribution >= 4 is 23.2 Å². The summed E-state index contributed by atoms with van der Waals surface area (Å²) in [6, 6.07) is 3.32. The van der Waals surface area contributed by atoms with E-state index in [1.165, 1.54) is 11.6 Å². The van der Waals surface area contributed by atoms with E-state index >= 15 is 0 Å². The van der Waals surface area contributed by atoms with E-state index in [0.29, 0.717) is 6.54 Å². The number of carbonyl (C=O) groups is 2. The summed E-state index contributed by atoms with van der Waals surface area (Å²) in [6.07, 6.45) is 0.763. The molecule has 1 amide bonds. The number of carboxylic acids is 1. The zero-order chi connectivity index (χ0) is 15.4. The average Bonchev–Trinajstić information content (AvgIpc) is 3.09. The van der Waals surface area contributed by atoms with Crippen molar-refractivity contribution in [2.75, 3.05) is 6.54 Å². The van der Waals surface area contributed by atoms with E-state index < -0.39 is 5.97 Å². The number of hydrogen-bond donors (Lipinski definition) is 2. The van der Waals surface area contributed by atoms with Gasteiger partial charge in [-0.05, 0) is 42.7 Å². The van der Waals surface area contributed by atoms with Crippen molar-refractivity contribution in [3.05, 3.63) is 39.8 Å². The van der Waals surface area contributed by atoms with Gasteiger partial charge in [-0.1, -0.05) is 0 Å². The number of H-pyrrole nitrogens is 1. The third kappa shape index (κ3) is 3.49. The number of likely N-dealkylation sites (N-methyl/N-ethyl adjacent to an activating group) is 1. The van der Waals surface area contributed by atoms with E-state index in [9.17, 15) is 9.59 Å². The fourth-order valence-electron chi connectivity index (χ4n) is 2.20. The van der Waals surface area contributed by atoms with Crippen LogP contribution in [0.25, 0.3) is 0 Å². The Kier molecular flexibility index (Phi) is 4.74. The van der Waals surface area contributed by atoms with Gasteiger partial charge in [0.25, 0.3) is 5.91 Å². The number of aromatic amines is 1. The van der Waals surface area contributed by atoms with Crippen LogP contribution in [0.15, 0.2) is 22.9 Å². The van der Waals surface area contributed by atoms with Crippen LogP contribution < -0.4 is 0 Å². The van der Waals surface area contributed by atoms with Crippen molar-refractivity contribution in [3.8, 4) is 0 Å². The van der Waals surface area contributed by atoms with Gasteiger partial charge in [0.05, 0.1) is 0 Å². The van der Waals surface area contributed by atoms with Gasteiger partial charge in [0.15, 0.2) is 5.69 Å². The molecule has 1 atom stereocenters. The van der Waals surface area contributed by atoms with Crippen molar-refractivity contribution in [2.45, 2.75) is 26.3 Å². The summed E-state index contributed by atoms with van der Waals surface area (Å²) in [5, 5.41) is 19.1. The number of amides is 1. The van der Waals surface area contributed by atoms with Crippen molar-refractivity contribution in [1.82, 2.24) is 15.1 Å². The zero-order valence-electron chi connectivity index (χ0n) is 11.9. The molecule has 2 heterocycles. The van der Waals surface area contributed by atoms with E-state index in [1.54, 1.807) is 16.2 Å². The first kappa shape index (κ1) is 15.2. The Morgan fingerprint density at radius 1 is 1.52 bits per heavy atom. The van der Waals surface area contributed by atoms with Crippen LogP contribution in [0.4, 0.5) is 0 Å². The number of aromatic carboxylic acids is 1. The molecule has 7 heteroatoms. The number of carboxylic acid groups (broad SMARTS) is 1. The summed E-state index contributed by atoms with van der Waals surface area (Å²) >= 11 is 1.63. The molecule has 2 aromatic rings. The minimum Gasteiger partial charge on any atom is -0.477 e. The molecule has 0 aliphatic carbocycles. The van der Waals surface area contributed by atoms with Gasteiger partial charge in [-0.2, -0.15) is 16.4 Å². The highest BCUT2D eigenvalue weighted by atomic mass is 32.1. The number of carbonyl (C=O) groups excluding carboxylic acids is 1. The van der Waals surface area contributed by atoms with E-state index in [0.717, 1.165) is 6.42 Å². The number of rotatable bonds is 6. The average molecular weight is 307 g/mol. The summed E-state index contributed by atoms with van der Waals surface area (Å²) in [5.74, 6) is -1.39. The minimum atomic E-state index is -1.13. The standard InChI is InChI=1S/C14H17N3O3S/c1-3-17(9(2)6-10-4-5-21-8-10)13(18)11-7-12(14(19)20)16-15-11/h4-5,7-9H,3,6H2,1-2H3,(H,15,16)(H,19,20). The highest BCUT2D eigenvalue weighted by molar-refractivity contribution is 7.07. The number of aromatic nitrogens is 2. The molecule has 2 aromatic heterocycles. The van der Waals surface area contributed by atoms with Crippen molar-refractivity contribution in [2.24, 2.45) is 0 Å². The summed E-state index contributed by atoms with van der Waals surface area (Å²) in [4.78, 5) is 25.0. The molecule has 0 spiro atoms. The second-order valence-electron chi connectivity index (χ2n) is 4.75. The minimum absolute atomic E-state index is 0.0158. The molecule has 1 unspecified atom stereocenters. The van der Waals surface area contributed by atoms with Crippen molar-refractivity contribution < 1.29 is 14.7 Å². The van der Waals surface area contributed by atoms with Crippen LogP contribution in [0.5, 0.6) is 0 Å². The summed E-state index contributed by atoms with van der Waals surface area (Å²) < 4.78 is 0. The maximum Gasteiger partial charge on any atom is 0.353 e. The first-order chi connectivity index (χ1) is 10.0. The molecule has 0 radical (unpaired) electrons.